The number of benzene rings is 1. The summed E-state index contributed by atoms with van der Waals surface area (Å²) in [4.78, 5) is 21.4. The predicted molar refractivity (Wildman–Crippen MR) is 117 cm³/mol. The molecule has 2 saturated heterocycles. The number of pyridine rings is 1. The SMILES string of the molecule is Cc1c([C@@H]2CN3CCN(C(=O)Cc4ccc(-n5cnnn5)nc4)C[C@@H]3CO2)ccc(F)c1C#N. The number of piperazine rings is 1. The van der Waals surface area contributed by atoms with E-state index in [4.69, 9.17) is 4.74 Å². The van der Waals surface area contributed by atoms with Crippen molar-refractivity contribution in [1.82, 2.24) is 35.0 Å². The van der Waals surface area contributed by atoms with Crippen molar-refractivity contribution in [2.75, 3.05) is 32.8 Å². The van der Waals surface area contributed by atoms with Crippen molar-refractivity contribution in [2.45, 2.75) is 25.5 Å². The smallest absolute Gasteiger partial charge is 0.227 e. The van der Waals surface area contributed by atoms with Gasteiger partial charge in [0.05, 0.1) is 30.7 Å². The van der Waals surface area contributed by atoms with E-state index in [-0.39, 0.29) is 30.0 Å². The molecule has 2 atom stereocenters. The van der Waals surface area contributed by atoms with Crippen LogP contribution < -0.4 is 0 Å². The third-order valence-corrected chi connectivity index (χ3v) is 6.51. The van der Waals surface area contributed by atoms with Gasteiger partial charge in [-0.25, -0.2) is 9.37 Å². The number of carbonyl (C=O) groups excluding carboxylic acids is 1. The molecule has 0 bridgehead atoms. The molecule has 0 radical (unpaired) electrons. The van der Waals surface area contributed by atoms with Crippen molar-refractivity contribution in [3.05, 3.63) is 64.9 Å². The van der Waals surface area contributed by atoms with Gasteiger partial charge in [-0.05, 0) is 46.2 Å². The molecule has 0 spiro atoms. The van der Waals surface area contributed by atoms with E-state index < -0.39 is 5.82 Å². The first-order valence-corrected chi connectivity index (χ1v) is 11.0. The lowest BCUT2D eigenvalue weighted by Crippen LogP contribution is -2.59. The van der Waals surface area contributed by atoms with Crippen LogP contribution in [0.5, 0.6) is 0 Å². The number of nitrogens with zero attached hydrogens (tertiary/aromatic N) is 8. The molecule has 11 heteroatoms. The fraction of sp³-hybridized carbons (Fsp3) is 0.391. The van der Waals surface area contributed by atoms with Gasteiger partial charge in [0.2, 0.25) is 5.91 Å². The van der Waals surface area contributed by atoms with Crippen LogP contribution in [0.2, 0.25) is 0 Å². The lowest BCUT2D eigenvalue weighted by atomic mass is 9.96. The zero-order valence-corrected chi connectivity index (χ0v) is 18.6. The second kappa shape index (κ2) is 9.24. The van der Waals surface area contributed by atoms with Crippen molar-refractivity contribution < 1.29 is 13.9 Å². The van der Waals surface area contributed by atoms with Gasteiger partial charge in [0, 0.05) is 32.4 Å². The van der Waals surface area contributed by atoms with Crippen LogP contribution in [0.25, 0.3) is 5.82 Å². The van der Waals surface area contributed by atoms with Crippen LogP contribution >= 0.6 is 0 Å². The van der Waals surface area contributed by atoms with Crippen LogP contribution in [-0.4, -0.2) is 79.7 Å². The molecule has 5 rings (SSSR count). The molecule has 1 amide bonds. The second-order valence-corrected chi connectivity index (χ2v) is 8.51. The predicted octanol–water partition coefficient (Wildman–Crippen LogP) is 1.20. The van der Waals surface area contributed by atoms with Gasteiger partial charge in [0.1, 0.15) is 18.2 Å². The molecule has 10 nitrogen and oxygen atoms in total. The Labute approximate surface area is 195 Å². The first-order valence-electron chi connectivity index (χ1n) is 11.0. The normalized spacial score (nSPS) is 20.6. The molecule has 2 aliphatic rings. The molecule has 174 valence electrons. The summed E-state index contributed by atoms with van der Waals surface area (Å²) < 4.78 is 21.5. The lowest BCUT2D eigenvalue weighted by molar-refractivity contribution is -0.139. The second-order valence-electron chi connectivity index (χ2n) is 8.51. The Morgan fingerprint density at radius 3 is 2.88 bits per heavy atom. The maximum absolute atomic E-state index is 13.9. The molecule has 0 N–H and O–H groups in total. The van der Waals surface area contributed by atoms with Crippen LogP contribution in [0.3, 0.4) is 0 Å². The van der Waals surface area contributed by atoms with Crippen molar-refractivity contribution in [3.8, 4) is 11.9 Å². The Hall–Kier alpha value is -3.75. The Balaban J connectivity index is 1.19. The van der Waals surface area contributed by atoms with Crippen LogP contribution in [0.15, 0.2) is 36.8 Å². The van der Waals surface area contributed by atoms with E-state index >= 15 is 0 Å². The van der Waals surface area contributed by atoms with Crippen LogP contribution in [0.1, 0.15) is 28.4 Å². The molecule has 4 heterocycles. The van der Waals surface area contributed by atoms with E-state index in [2.05, 4.69) is 25.4 Å². The summed E-state index contributed by atoms with van der Waals surface area (Å²) in [6, 6.07) is 8.71. The van der Waals surface area contributed by atoms with E-state index in [0.29, 0.717) is 37.6 Å². The Kier molecular flexibility index (Phi) is 6.00. The zero-order valence-electron chi connectivity index (χ0n) is 18.6. The van der Waals surface area contributed by atoms with Crippen LogP contribution in [-0.2, 0) is 16.0 Å². The van der Waals surface area contributed by atoms with Crippen LogP contribution in [0.4, 0.5) is 4.39 Å². The fourth-order valence-electron chi connectivity index (χ4n) is 4.59. The standard InChI is InChI=1S/C23H23FN8O2/c1-15-18(3-4-20(24)19(15)9-25)21-12-30-6-7-31(11-17(30)13-34-21)23(33)8-16-2-5-22(26-10-16)32-14-27-28-29-32/h2-5,10,14,17,21H,6-8,11-13H2,1H3/t17-,21+/m1/s1. The van der Waals surface area contributed by atoms with Gasteiger partial charge < -0.3 is 9.64 Å². The molecule has 0 saturated carbocycles. The fourth-order valence-corrected chi connectivity index (χ4v) is 4.59. The van der Waals surface area contributed by atoms with Gasteiger partial charge in [0.25, 0.3) is 0 Å². The van der Waals surface area contributed by atoms with Gasteiger partial charge >= 0.3 is 0 Å². The van der Waals surface area contributed by atoms with Crippen molar-refractivity contribution >= 4 is 5.91 Å². The molecule has 34 heavy (non-hydrogen) atoms. The number of hydrogen-bond donors (Lipinski definition) is 0. The molecule has 2 fully saturated rings. The number of ether oxygens (including phenoxy) is 1. The van der Waals surface area contributed by atoms with E-state index in [1.54, 1.807) is 25.3 Å². The first-order chi connectivity index (χ1) is 16.5. The highest BCUT2D eigenvalue weighted by Crippen LogP contribution is 2.31. The monoisotopic (exact) mass is 462 g/mol. The first kappa shape index (κ1) is 22.1. The van der Waals surface area contributed by atoms with Gasteiger partial charge in [-0.1, -0.05) is 12.1 Å². The molecule has 0 aliphatic carbocycles. The molecule has 1 aromatic carbocycles. The van der Waals surface area contributed by atoms with Crippen molar-refractivity contribution in [3.63, 3.8) is 0 Å². The Morgan fingerprint density at radius 2 is 2.15 bits per heavy atom. The number of hydrogen-bond acceptors (Lipinski definition) is 8. The third-order valence-electron chi connectivity index (χ3n) is 6.51. The molecule has 3 aromatic rings. The summed E-state index contributed by atoms with van der Waals surface area (Å²) in [5, 5.41) is 20.2. The highest BCUT2D eigenvalue weighted by atomic mass is 19.1. The van der Waals surface area contributed by atoms with Gasteiger partial charge in [-0.2, -0.15) is 9.94 Å². The summed E-state index contributed by atoms with van der Waals surface area (Å²) in [6.45, 7) is 4.82. The maximum atomic E-state index is 13.9. The van der Waals surface area contributed by atoms with Gasteiger partial charge in [-0.15, -0.1) is 5.10 Å². The number of halogens is 1. The third kappa shape index (κ3) is 4.25. The van der Waals surface area contributed by atoms with Gasteiger partial charge in [-0.3, -0.25) is 9.69 Å². The van der Waals surface area contributed by atoms with Gasteiger partial charge in [0.15, 0.2) is 5.82 Å². The molecule has 2 aromatic heterocycles. The highest BCUT2D eigenvalue weighted by Gasteiger charge is 2.36. The summed E-state index contributed by atoms with van der Waals surface area (Å²) in [5.74, 6) is 0.124. The number of aromatic nitrogens is 5. The highest BCUT2D eigenvalue weighted by molar-refractivity contribution is 5.79. The summed E-state index contributed by atoms with van der Waals surface area (Å²) >= 11 is 0. The molecule has 2 aliphatic heterocycles. The average Bonchev–Trinajstić information content (AvgIpc) is 3.39. The minimum atomic E-state index is -0.509. The van der Waals surface area contributed by atoms with E-state index in [1.807, 2.05) is 17.0 Å². The number of rotatable bonds is 4. The van der Waals surface area contributed by atoms with E-state index in [0.717, 1.165) is 17.7 Å². The minimum Gasteiger partial charge on any atom is -0.370 e. The summed E-state index contributed by atoms with van der Waals surface area (Å²) in [5.41, 5.74) is 2.36. The number of nitriles is 1. The average molecular weight is 462 g/mol. The minimum absolute atomic E-state index is 0.0480. The van der Waals surface area contributed by atoms with Crippen LogP contribution in [0, 0.1) is 24.1 Å². The zero-order chi connectivity index (χ0) is 23.7. The number of tetrazole rings is 1. The van der Waals surface area contributed by atoms with Crippen molar-refractivity contribution in [2.24, 2.45) is 0 Å². The topological polar surface area (TPSA) is 113 Å². The largest absolute Gasteiger partial charge is 0.370 e. The number of fused-ring (bicyclic) bond motifs is 1. The number of morpholine rings is 1. The van der Waals surface area contributed by atoms with E-state index in [1.165, 1.54) is 17.1 Å². The molecular formula is C23H23FN8O2. The van der Waals surface area contributed by atoms with E-state index in [9.17, 15) is 14.4 Å². The lowest BCUT2D eigenvalue weighted by Gasteiger charge is -2.46. The molecule has 0 unspecified atom stereocenters. The Morgan fingerprint density at radius 1 is 1.26 bits per heavy atom. The summed E-state index contributed by atoms with van der Waals surface area (Å²) in [6.07, 6.45) is 3.17. The quantitative estimate of drug-likeness (QED) is 0.569. The van der Waals surface area contributed by atoms with Crippen molar-refractivity contribution in [1.29, 1.82) is 5.26 Å². The maximum Gasteiger partial charge on any atom is 0.227 e. The number of carbonyl (C=O) groups is 1. The molecular weight excluding hydrogens is 439 g/mol. The Bertz CT molecular complexity index is 1230. The number of amides is 1. The summed E-state index contributed by atoms with van der Waals surface area (Å²) in [7, 11) is 0.